The summed E-state index contributed by atoms with van der Waals surface area (Å²) in [6.45, 7) is 8.33. The third kappa shape index (κ3) is 6.47. The lowest BCUT2D eigenvalue weighted by atomic mass is 9.85. The SMILES string of the molecule is CCOC(=O)c1c(NC(=O)c2ccccc2C(=O)Nc2sc3c(c2C(=O)OCC)CCC(CC)C3)sc2c1CCC(CC)C2. The molecule has 0 bridgehead atoms. The van der Waals surface area contributed by atoms with E-state index >= 15 is 0 Å². The van der Waals surface area contributed by atoms with Gasteiger partial charge in [0.2, 0.25) is 0 Å². The first-order chi connectivity index (χ1) is 21.3. The first-order valence-corrected chi connectivity index (χ1v) is 17.3. The Labute approximate surface area is 266 Å². The summed E-state index contributed by atoms with van der Waals surface area (Å²) in [7, 11) is 0. The Morgan fingerprint density at radius 3 is 1.48 bits per heavy atom. The molecule has 2 atom stereocenters. The van der Waals surface area contributed by atoms with Gasteiger partial charge in [0.15, 0.2) is 0 Å². The summed E-state index contributed by atoms with van der Waals surface area (Å²) in [5, 5.41) is 6.78. The fourth-order valence-corrected chi connectivity index (χ4v) is 8.93. The molecule has 2 unspecified atom stereocenters. The van der Waals surface area contributed by atoms with Crippen LogP contribution in [-0.4, -0.2) is 37.0 Å². The molecule has 0 spiro atoms. The molecule has 0 saturated carbocycles. The van der Waals surface area contributed by atoms with Crippen molar-refractivity contribution in [1.82, 2.24) is 0 Å². The lowest BCUT2D eigenvalue weighted by molar-refractivity contribution is 0.0516. The van der Waals surface area contributed by atoms with Crippen molar-refractivity contribution in [3.05, 3.63) is 67.4 Å². The number of fused-ring (bicyclic) bond motifs is 2. The van der Waals surface area contributed by atoms with E-state index in [1.165, 1.54) is 22.7 Å². The number of hydrogen-bond acceptors (Lipinski definition) is 8. The topological polar surface area (TPSA) is 111 Å². The van der Waals surface area contributed by atoms with Crippen LogP contribution in [-0.2, 0) is 35.2 Å². The minimum Gasteiger partial charge on any atom is -0.462 e. The quantitative estimate of drug-likeness (QED) is 0.221. The summed E-state index contributed by atoms with van der Waals surface area (Å²) >= 11 is 2.84. The van der Waals surface area contributed by atoms with E-state index in [-0.39, 0.29) is 24.3 Å². The molecule has 234 valence electrons. The van der Waals surface area contributed by atoms with Gasteiger partial charge in [-0.15, -0.1) is 22.7 Å². The summed E-state index contributed by atoms with van der Waals surface area (Å²) in [4.78, 5) is 55.8. The Balaban J connectivity index is 1.44. The number of nitrogens with one attached hydrogen (secondary N) is 2. The van der Waals surface area contributed by atoms with Crippen molar-refractivity contribution in [3.8, 4) is 0 Å². The molecule has 2 heterocycles. The Hall–Kier alpha value is -3.50. The fourth-order valence-electron chi connectivity index (χ4n) is 6.24. The second-order valence-electron chi connectivity index (χ2n) is 11.3. The van der Waals surface area contributed by atoms with Gasteiger partial charge in [-0.1, -0.05) is 38.8 Å². The highest BCUT2D eigenvalue weighted by atomic mass is 32.1. The van der Waals surface area contributed by atoms with Gasteiger partial charge >= 0.3 is 11.9 Å². The van der Waals surface area contributed by atoms with Gasteiger partial charge in [0.25, 0.3) is 11.8 Å². The maximum absolute atomic E-state index is 13.7. The summed E-state index contributed by atoms with van der Waals surface area (Å²) < 4.78 is 10.7. The van der Waals surface area contributed by atoms with E-state index in [4.69, 9.17) is 9.47 Å². The number of carbonyl (C=O) groups is 4. The van der Waals surface area contributed by atoms with E-state index in [1.807, 2.05) is 0 Å². The van der Waals surface area contributed by atoms with Gasteiger partial charge in [0.05, 0.1) is 35.5 Å². The molecule has 2 amide bonds. The number of rotatable bonds is 10. The van der Waals surface area contributed by atoms with Crippen LogP contribution in [0.3, 0.4) is 0 Å². The summed E-state index contributed by atoms with van der Waals surface area (Å²) in [6.07, 6.45) is 7.35. The Bertz CT molecular complexity index is 1460. The molecule has 0 fully saturated rings. The number of anilines is 2. The molecular formula is C34H40N2O6S2. The average Bonchev–Trinajstić information content (AvgIpc) is 3.57. The predicted octanol–water partition coefficient (Wildman–Crippen LogP) is 7.70. The minimum atomic E-state index is -0.492. The summed E-state index contributed by atoms with van der Waals surface area (Å²) in [6, 6.07) is 6.57. The van der Waals surface area contributed by atoms with Crippen LogP contribution in [0.15, 0.2) is 24.3 Å². The lowest BCUT2D eigenvalue weighted by Gasteiger charge is -2.21. The van der Waals surface area contributed by atoms with Gasteiger partial charge in [0.1, 0.15) is 10.0 Å². The van der Waals surface area contributed by atoms with Gasteiger partial charge in [-0.3, -0.25) is 9.59 Å². The Kier molecular flexibility index (Phi) is 10.2. The second kappa shape index (κ2) is 14.1. The largest absolute Gasteiger partial charge is 0.462 e. The lowest BCUT2D eigenvalue weighted by Crippen LogP contribution is -2.22. The summed E-state index contributed by atoms with van der Waals surface area (Å²) in [5.41, 5.74) is 3.09. The number of esters is 2. The molecule has 0 saturated heterocycles. The van der Waals surface area contributed by atoms with Crippen LogP contribution in [0.4, 0.5) is 10.0 Å². The molecule has 3 aromatic rings. The van der Waals surface area contributed by atoms with Crippen molar-refractivity contribution < 1.29 is 28.7 Å². The van der Waals surface area contributed by atoms with Crippen molar-refractivity contribution in [2.24, 2.45) is 11.8 Å². The number of benzene rings is 1. The average molecular weight is 637 g/mol. The van der Waals surface area contributed by atoms with Gasteiger partial charge in [-0.25, -0.2) is 9.59 Å². The molecular weight excluding hydrogens is 597 g/mol. The molecule has 5 rings (SSSR count). The number of carbonyl (C=O) groups excluding carboxylic acids is 4. The normalized spacial score (nSPS) is 17.3. The molecule has 2 aliphatic carbocycles. The van der Waals surface area contributed by atoms with Crippen molar-refractivity contribution >= 4 is 56.4 Å². The van der Waals surface area contributed by atoms with Crippen molar-refractivity contribution in [1.29, 1.82) is 0 Å². The highest BCUT2D eigenvalue weighted by molar-refractivity contribution is 7.17. The number of ether oxygens (including phenoxy) is 2. The van der Waals surface area contributed by atoms with E-state index < -0.39 is 23.8 Å². The number of hydrogen-bond donors (Lipinski definition) is 2. The first-order valence-electron chi connectivity index (χ1n) is 15.6. The number of amides is 2. The van der Waals surface area contributed by atoms with Crippen molar-refractivity contribution in [2.75, 3.05) is 23.8 Å². The molecule has 2 aromatic heterocycles. The maximum Gasteiger partial charge on any atom is 0.341 e. The number of thiophene rings is 2. The third-order valence-electron chi connectivity index (χ3n) is 8.72. The van der Waals surface area contributed by atoms with E-state index in [9.17, 15) is 19.2 Å². The van der Waals surface area contributed by atoms with E-state index in [1.54, 1.807) is 38.1 Å². The molecule has 0 radical (unpaired) electrons. The zero-order chi connectivity index (χ0) is 31.4. The standard InChI is InChI=1S/C34H40N2O6S2/c1-5-19-13-15-23-25(17-19)43-31(27(23)33(39)41-7-3)35-29(37)21-11-9-10-12-22(21)30(38)36-32-28(34(40)42-8-4)24-16-14-20(6-2)18-26(24)44-32/h9-12,19-20H,5-8,13-18H2,1-4H3,(H,35,37)(H,36,38). The zero-order valence-electron chi connectivity index (χ0n) is 25.8. The van der Waals surface area contributed by atoms with Gasteiger partial charge < -0.3 is 20.1 Å². The van der Waals surface area contributed by atoms with Crippen LogP contribution in [0.2, 0.25) is 0 Å². The van der Waals surface area contributed by atoms with Crippen LogP contribution in [0.5, 0.6) is 0 Å². The van der Waals surface area contributed by atoms with Crippen LogP contribution in [0.25, 0.3) is 0 Å². The molecule has 0 aliphatic heterocycles. The van der Waals surface area contributed by atoms with Crippen molar-refractivity contribution in [2.45, 2.75) is 79.1 Å². The Morgan fingerprint density at radius 1 is 0.705 bits per heavy atom. The van der Waals surface area contributed by atoms with Gasteiger partial charge in [-0.05, 0) is 87.5 Å². The van der Waals surface area contributed by atoms with Crippen LogP contribution in [0.1, 0.15) is 116 Å². The van der Waals surface area contributed by atoms with Crippen LogP contribution >= 0.6 is 22.7 Å². The van der Waals surface area contributed by atoms with Gasteiger partial charge in [0, 0.05) is 9.75 Å². The maximum atomic E-state index is 13.7. The van der Waals surface area contributed by atoms with Crippen molar-refractivity contribution in [3.63, 3.8) is 0 Å². The highest BCUT2D eigenvalue weighted by Crippen LogP contribution is 2.42. The fraction of sp³-hybridized carbons (Fsp3) is 0.471. The smallest absolute Gasteiger partial charge is 0.341 e. The molecule has 2 N–H and O–H groups in total. The monoisotopic (exact) mass is 636 g/mol. The third-order valence-corrected chi connectivity index (χ3v) is 11.1. The molecule has 10 heteroatoms. The zero-order valence-corrected chi connectivity index (χ0v) is 27.4. The van der Waals surface area contributed by atoms with E-state index in [0.717, 1.165) is 72.2 Å². The second-order valence-corrected chi connectivity index (χ2v) is 13.6. The minimum absolute atomic E-state index is 0.169. The van der Waals surface area contributed by atoms with Gasteiger partial charge in [-0.2, -0.15) is 0 Å². The molecule has 8 nitrogen and oxygen atoms in total. The first kappa shape index (κ1) is 31.9. The summed E-state index contributed by atoms with van der Waals surface area (Å²) in [5.74, 6) is -0.791. The highest BCUT2D eigenvalue weighted by Gasteiger charge is 2.32. The molecule has 1 aromatic carbocycles. The van der Waals surface area contributed by atoms with Crippen LogP contribution in [0, 0.1) is 11.8 Å². The van der Waals surface area contributed by atoms with E-state index in [2.05, 4.69) is 24.5 Å². The van der Waals surface area contributed by atoms with E-state index in [0.29, 0.717) is 33.0 Å². The molecule has 2 aliphatic rings. The molecule has 44 heavy (non-hydrogen) atoms. The Morgan fingerprint density at radius 2 is 1.11 bits per heavy atom. The predicted molar refractivity (Wildman–Crippen MR) is 175 cm³/mol. The van der Waals surface area contributed by atoms with Crippen LogP contribution < -0.4 is 10.6 Å².